The molecule has 0 radical (unpaired) electrons. The highest BCUT2D eigenvalue weighted by atomic mass is 19.1. The molecule has 1 atom stereocenters. The Hall–Kier alpha value is -1.78. The Morgan fingerprint density at radius 3 is 2.65 bits per heavy atom. The van der Waals surface area contributed by atoms with Crippen molar-refractivity contribution in [1.29, 1.82) is 0 Å². The van der Waals surface area contributed by atoms with Crippen LogP contribution in [-0.4, -0.2) is 26.3 Å². The van der Waals surface area contributed by atoms with Gasteiger partial charge in [-0.3, -0.25) is 0 Å². The van der Waals surface area contributed by atoms with Gasteiger partial charge in [-0.25, -0.2) is 9.18 Å². The van der Waals surface area contributed by atoms with E-state index in [9.17, 15) is 9.18 Å². The highest BCUT2D eigenvalue weighted by molar-refractivity contribution is 5.74. The van der Waals surface area contributed by atoms with Crippen LogP contribution in [0.2, 0.25) is 0 Å². The molecule has 4 nitrogen and oxygen atoms in total. The topological polar surface area (TPSA) is 44.8 Å². The van der Waals surface area contributed by atoms with Crippen molar-refractivity contribution in [2.75, 3.05) is 14.2 Å². The van der Waals surface area contributed by atoms with E-state index in [1.54, 1.807) is 6.92 Å². The van der Waals surface area contributed by atoms with Crippen LogP contribution in [0.1, 0.15) is 13.3 Å². The summed E-state index contributed by atoms with van der Waals surface area (Å²) in [7, 11) is 2.65. The zero-order chi connectivity index (χ0) is 12.8. The Labute approximate surface area is 99.3 Å². The Morgan fingerprint density at radius 2 is 2.12 bits per heavy atom. The third kappa shape index (κ3) is 3.34. The molecule has 94 valence electrons. The Kier molecular flexibility index (Phi) is 4.75. The summed E-state index contributed by atoms with van der Waals surface area (Å²) >= 11 is 0. The van der Waals surface area contributed by atoms with Gasteiger partial charge in [0.1, 0.15) is 5.75 Å². The van der Waals surface area contributed by atoms with Gasteiger partial charge in [-0.2, -0.15) is 0 Å². The summed E-state index contributed by atoms with van der Waals surface area (Å²) in [6, 6.07) is 4.04. The average Bonchev–Trinajstić information content (AvgIpc) is 2.36. The van der Waals surface area contributed by atoms with Crippen molar-refractivity contribution in [2.45, 2.75) is 19.4 Å². The van der Waals surface area contributed by atoms with Gasteiger partial charge in [0, 0.05) is 6.07 Å². The molecule has 0 amide bonds. The molecule has 0 heterocycles. The van der Waals surface area contributed by atoms with Gasteiger partial charge in [0.25, 0.3) is 0 Å². The highest BCUT2D eigenvalue weighted by Crippen LogP contribution is 2.24. The second kappa shape index (κ2) is 6.08. The van der Waals surface area contributed by atoms with Crippen molar-refractivity contribution in [3.63, 3.8) is 0 Å². The van der Waals surface area contributed by atoms with E-state index in [1.807, 2.05) is 0 Å². The van der Waals surface area contributed by atoms with Gasteiger partial charge in [-0.05, 0) is 18.6 Å². The summed E-state index contributed by atoms with van der Waals surface area (Å²) in [6.45, 7) is 1.79. The lowest BCUT2D eigenvalue weighted by Crippen LogP contribution is -2.27. The smallest absolute Gasteiger partial charge is 0.347 e. The summed E-state index contributed by atoms with van der Waals surface area (Å²) in [4.78, 5) is 11.3. The first-order valence-corrected chi connectivity index (χ1v) is 5.20. The summed E-state index contributed by atoms with van der Waals surface area (Å²) in [5, 5.41) is 0. The van der Waals surface area contributed by atoms with Crippen LogP contribution in [0, 0.1) is 5.82 Å². The van der Waals surface area contributed by atoms with E-state index in [2.05, 4.69) is 4.74 Å². The number of methoxy groups -OCH3 is 2. The van der Waals surface area contributed by atoms with Gasteiger partial charge in [0.05, 0.1) is 14.2 Å². The van der Waals surface area contributed by atoms with Crippen molar-refractivity contribution < 1.29 is 23.4 Å². The molecule has 0 aliphatic carbocycles. The largest absolute Gasteiger partial charge is 0.494 e. The van der Waals surface area contributed by atoms with Crippen LogP contribution in [0.4, 0.5) is 4.39 Å². The first-order chi connectivity index (χ1) is 8.12. The predicted molar refractivity (Wildman–Crippen MR) is 59.7 cm³/mol. The maximum Gasteiger partial charge on any atom is 0.347 e. The number of rotatable bonds is 5. The Bertz CT molecular complexity index is 392. The number of hydrogen-bond acceptors (Lipinski definition) is 4. The van der Waals surface area contributed by atoms with E-state index in [4.69, 9.17) is 9.47 Å². The molecule has 17 heavy (non-hydrogen) atoms. The first kappa shape index (κ1) is 13.3. The molecule has 0 saturated carbocycles. The molecule has 0 spiro atoms. The first-order valence-electron chi connectivity index (χ1n) is 5.20. The Morgan fingerprint density at radius 1 is 1.41 bits per heavy atom. The predicted octanol–water partition coefficient (Wildman–Crippen LogP) is 2.16. The molecule has 1 aromatic carbocycles. The van der Waals surface area contributed by atoms with Crippen LogP contribution in [0.25, 0.3) is 0 Å². The van der Waals surface area contributed by atoms with E-state index in [1.165, 1.54) is 32.4 Å². The minimum absolute atomic E-state index is 0.0715. The summed E-state index contributed by atoms with van der Waals surface area (Å²) < 4.78 is 27.9. The lowest BCUT2D eigenvalue weighted by atomic mass is 10.2. The average molecular weight is 242 g/mol. The van der Waals surface area contributed by atoms with Crippen LogP contribution < -0.4 is 9.47 Å². The van der Waals surface area contributed by atoms with E-state index in [0.717, 1.165) is 0 Å². The third-order valence-corrected chi connectivity index (χ3v) is 2.24. The van der Waals surface area contributed by atoms with Crippen LogP contribution in [-0.2, 0) is 9.53 Å². The van der Waals surface area contributed by atoms with Gasteiger partial charge in [0.15, 0.2) is 17.7 Å². The summed E-state index contributed by atoms with van der Waals surface area (Å²) in [5.74, 6) is -0.510. The molecule has 5 heteroatoms. The quantitative estimate of drug-likeness (QED) is 0.742. The number of carbonyl (C=O) groups is 1. The van der Waals surface area contributed by atoms with Crippen molar-refractivity contribution in [2.24, 2.45) is 0 Å². The molecule has 0 aliphatic rings. The zero-order valence-electron chi connectivity index (χ0n) is 10.0. The van der Waals surface area contributed by atoms with Gasteiger partial charge >= 0.3 is 5.97 Å². The summed E-state index contributed by atoms with van der Waals surface area (Å²) in [6.07, 6.45) is -0.234. The molecule has 0 fully saturated rings. The van der Waals surface area contributed by atoms with Crippen LogP contribution in [0.5, 0.6) is 11.5 Å². The van der Waals surface area contributed by atoms with Crippen molar-refractivity contribution in [3.05, 3.63) is 24.0 Å². The molecule has 1 aromatic rings. The number of ether oxygens (including phenoxy) is 3. The minimum atomic E-state index is -0.699. The third-order valence-electron chi connectivity index (χ3n) is 2.24. The number of carbonyl (C=O) groups excluding carboxylic acids is 1. The van der Waals surface area contributed by atoms with Crippen molar-refractivity contribution in [3.8, 4) is 11.5 Å². The monoisotopic (exact) mass is 242 g/mol. The van der Waals surface area contributed by atoms with E-state index < -0.39 is 17.9 Å². The second-order valence-corrected chi connectivity index (χ2v) is 3.33. The Balaban J connectivity index is 2.83. The molecule has 0 saturated heterocycles. The standard InChI is InChI=1S/C12H15FO4/c1-4-10(12(14)16-3)17-8-5-6-9(13)11(7-8)15-2/h5-7,10H,4H2,1-3H3. The van der Waals surface area contributed by atoms with Gasteiger partial charge in [-0.1, -0.05) is 6.92 Å². The van der Waals surface area contributed by atoms with Gasteiger partial charge in [-0.15, -0.1) is 0 Å². The maximum absolute atomic E-state index is 13.1. The fourth-order valence-corrected chi connectivity index (χ4v) is 1.31. The normalized spacial score (nSPS) is 11.8. The molecule has 0 bridgehead atoms. The fraction of sp³-hybridized carbons (Fsp3) is 0.417. The molecule has 0 aromatic heterocycles. The maximum atomic E-state index is 13.1. The van der Waals surface area contributed by atoms with Crippen molar-refractivity contribution >= 4 is 5.97 Å². The number of hydrogen-bond donors (Lipinski definition) is 0. The molecule has 0 N–H and O–H groups in total. The number of halogens is 1. The minimum Gasteiger partial charge on any atom is -0.494 e. The van der Waals surface area contributed by atoms with Crippen LogP contribution >= 0.6 is 0 Å². The van der Waals surface area contributed by atoms with Crippen LogP contribution in [0.3, 0.4) is 0 Å². The second-order valence-electron chi connectivity index (χ2n) is 3.33. The fourth-order valence-electron chi connectivity index (χ4n) is 1.31. The molecular formula is C12H15FO4. The lowest BCUT2D eigenvalue weighted by molar-refractivity contribution is -0.148. The van der Waals surface area contributed by atoms with E-state index in [-0.39, 0.29) is 5.75 Å². The summed E-state index contributed by atoms with van der Waals surface area (Å²) in [5.41, 5.74) is 0. The lowest BCUT2D eigenvalue weighted by Gasteiger charge is -2.15. The molecule has 1 unspecified atom stereocenters. The van der Waals surface area contributed by atoms with Gasteiger partial charge in [0.2, 0.25) is 0 Å². The van der Waals surface area contributed by atoms with E-state index >= 15 is 0 Å². The number of benzene rings is 1. The van der Waals surface area contributed by atoms with E-state index in [0.29, 0.717) is 12.2 Å². The SMILES string of the molecule is CCC(Oc1ccc(F)c(OC)c1)C(=O)OC. The number of esters is 1. The molecule has 0 aliphatic heterocycles. The highest BCUT2D eigenvalue weighted by Gasteiger charge is 2.19. The van der Waals surface area contributed by atoms with Gasteiger partial charge < -0.3 is 14.2 Å². The molecular weight excluding hydrogens is 227 g/mol. The van der Waals surface area contributed by atoms with Crippen molar-refractivity contribution in [1.82, 2.24) is 0 Å². The zero-order valence-corrected chi connectivity index (χ0v) is 10.0. The molecule has 1 rings (SSSR count). The van der Waals surface area contributed by atoms with Crippen LogP contribution in [0.15, 0.2) is 18.2 Å².